The first-order chi connectivity index (χ1) is 5.63. The molecule has 0 aromatic heterocycles. The van der Waals surface area contributed by atoms with E-state index in [4.69, 9.17) is 0 Å². The van der Waals surface area contributed by atoms with Crippen molar-refractivity contribution in [1.29, 1.82) is 0 Å². The molecule has 0 saturated carbocycles. The molecule has 0 bridgehead atoms. The Morgan fingerprint density at radius 2 is 1.92 bits per heavy atom. The summed E-state index contributed by atoms with van der Waals surface area (Å²) in [6.45, 7) is 5.57. The Bertz CT molecular complexity index is 147. The lowest BCUT2D eigenvalue weighted by molar-refractivity contribution is -0.122. The van der Waals surface area contributed by atoms with Crippen molar-refractivity contribution in [2.75, 3.05) is 7.05 Å². The molecule has 2 atom stereocenters. The van der Waals surface area contributed by atoms with Crippen molar-refractivity contribution in [2.45, 2.75) is 45.9 Å². The normalized spacial score (nSPS) is 29.4. The van der Waals surface area contributed by atoms with E-state index in [0.717, 1.165) is 12.8 Å². The number of likely N-dealkylation sites (tertiary alicyclic amines) is 1. The second-order valence-corrected chi connectivity index (χ2v) is 2.85. The van der Waals surface area contributed by atoms with Gasteiger partial charge in [0.15, 0.2) is 0 Å². The molecular weight excluding hydrogens is 154 g/mol. The highest BCUT2D eigenvalue weighted by Gasteiger charge is 2.31. The number of hydrogen-bond donors (Lipinski definition) is 1. The van der Waals surface area contributed by atoms with Crippen LogP contribution in [0.15, 0.2) is 0 Å². The van der Waals surface area contributed by atoms with Gasteiger partial charge in [0.05, 0.1) is 6.04 Å². The molecule has 1 rings (SSSR count). The predicted molar refractivity (Wildman–Crippen MR) is 48.8 cm³/mol. The first-order valence-corrected chi connectivity index (χ1v) is 4.53. The Labute approximate surface area is 74.4 Å². The summed E-state index contributed by atoms with van der Waals surface area (Å²) < 4.78 is 0. The van der Waals surface area contributed by atoms with Crippen LogP contribution in [0.5, 0.6) is 0 Å². The summed E-state index contributed by atoms with van der Waals surface area (Å²) in [5.74, 6) is 0.152. The van der Waals surface area contributed by atoms with Crippen LogP contribution in [-0.2, 0) is 4.79 Å². The molecular formula is C9H19NO2. The molecule has 2 unspecified atom stereocenters. The summed E-state index contributed by atoms with van der Waals surface area (Å²) in [6, 6.07) is -0.0463. The van der Waals surface area contributed by atoms with Crippen LogP contribution in [-0.4, -0.2) is 35.1 Å². The first-order valence-electron chi connectivity index (χ1n) is 4.53. The number of ketones is 1. The molecule has 0 radical (unpaired) electrons. The Balaban J connectivity index is 0.000000561. The van der Waals surface area contributed by atoms with Crippen molar-refractivity contribution >= 4 is 5.78 Å². The van der Waals surface area contributed by atoms with Gasteiger partial charge in [-0.3, -0.25) is 9.69 Å². The van der Waals surface area contributed by atoms with Crippen LogP contribution in [0.25, 0.3) is 0 Å². The fourth-order valence-corrected chi connectivity index (χ4v) is 1.41. The summed E-state index contributed by atoms with van der Waals surface area (Å²) in [5, 5.41) is 9.19. The summed E-state index contributed by atoms with van der Waals surface area (Å²) in [4.78, 5) is 12.6. The smallest absolute Gasteiger partial charge is 0.146 e. The summed E-state index contributed by atoms with van der Waals surface area (Å²) in [6.07, 6.45) is 1.11. The fourth-order valence-electron chi connectivity index (χ4n) is 1.41. The molecule has 0 aromatic rings. The molecule has 0 aromatic carbocycles. The molecule has 3 heteroatoms. The minimum absolute atomic E-state index is 0.0463. The Hall–Kier alpha value is -0.410. The SMILES string of the molecule is CC.CC(=O)C1CCC(O)N1C. The zero-order valence-corrected chi connectivity index (χ0v) is 8.37. The van der Waals surface area contributed by atoms with E-state index < -0.39 is 6.23 Å². The van der Waals surface area contributed by atoms with Gasteiger partial charge in [0, 0.05) is 0 Å². The van der Waals surface area contributed by atoms with E-state index >= 15 is 0 Å². The lowest BCUT2D eigenvalue weighted by Crippen LogP contribution is -2.36. The highest BCUT2D eigenvalue weighted by atomic mass is 16.3. The van der Waals surface area contributed by atoms with Crippen LogP contribution in [0, 0.1) is 0 Å². The van der Waals surface area contributed by atoms with Crippen LogP contribution in [0.3, 0.4) is 0 Å². The quantitative estimate of drug-likeness (QED) is 0.643. The third-order valence-corrected chi connectivity index (χ3v) is 2.13. The van der Waals surface area contributed by atoms with E-state index in [1.807, 2.05) is 13.8 Å². The van der Waals surface area contributed by atoms with Crippen molar-refractivity contribution in [3.8, 4) is 0 Å². The summed E-state index contributed by atoms with van der Waals surface area (Å²) in [7, 11) is 1.78. The maximum absolute atomic E-state index is 10.8. The molecule has 3 nitrogen and oxygen atoms in total. The molecule has 1 saturated heterocycles. The molecule has 12 heavy (non-hydrogen) atoms. The standard InChI is InChI=1S/C7H13NO2.C2H6/c1-5(9)6-3-4-7(10)8(6)2;1-2/h6-7,10H,3-4H2,1-2H3;1-2H3. The minimum atomic E-state index is -0.408. The van der Waals surface area contributed by atoms with Gasteiger partial charge in [0.1, 0.15) is 12.0 Å². The molecule has 1 fully saturated rings. The van der Waals surface area contributed by atoms with Gasteiger partial charge in [-0.2, -0.15) is 0 Å². The largest absolute Gasteiger partial charge is 0.378 e. The van der Waals surface area contributed by atoms with E-state index in [1.54, 1.807) is 18.9 Å². The van der Waals surface area contributed by atoms with Gasteiger partial charge in [0.25, 0.3) is 0 Å². The van der Waals surface area contributed by atoms with Crippen molar-refractivity contribution in [3.63, 3.8) is 0 Å². The molecule has 0 aliphatic carbocycles. The molecule has 1 heterocycles. The Kier molecular flexibility index (Phi) is 5.09. The van der Waals surface area contributed by atoms with Crippen LogP contribution < -0.4 is 0 Å². The number of rotatable bonds is 1. The maximum atomic E-state index is 10.8. The highest BCUT2D eigenvalue weighted by Crippen LogP contribution is 2.20. The van der Waals surface area contributed by atoms with E-state index in [-0.39, 0.29) is 11.8 Å². The second-order valence-electron chi connectivity index (χ2n) is 2.85. The number of likely N-dealkylation sites (N-methyl/N-ethyl adjacent to an activating group) is 1. The van der Waals surface area contributed by atoms with Crippen molar-refractivity contribution in [3.05, 3.63) is 0 Å². The van der Waals surface area contributed by atoms with Crippen molar-refractivity contribution < 1.29 is 9.90 Å². The lowest BCUT2D eigenvalue weighted by atomic mass is 10.1. The minimum Gasteiger partial charge on any atom is -0.378 e. The van der Waals surface area contributed by atoms with E-state index in [2.05, 4.69) is 0 Å². The van der Waals surface area contributed by atoms with Gasteiger partial charge in [-0.25, -0.2) is 0 Å². The third-order valence-electron chi connectivity index (χ3n) is 2.13. The number of carbonyl (C=O) groups excluding carboxylic acids is 1. The van der Waals surface area contributed by atoms with Gasteiger partial charge in [0.2, 0.25) is 0 Å². The zero-order valence-electron chi connectivity index (χ0n) is 8.37. The fraction of sp³-hybridized carbons (Fsp3) is 0.889. The molecule has 0 spiro atoms. The average molecular weight is 173 g/mol. The van der Waals surface area contributed by atoms with E-state index in [9.17, 15) is 9.90 Å². The van der Waals surface area contributed by atoms with E-state index in [0.29, 0.717) is 0 Å². The average Bonchev–Trinajstić information content (AvgIpc) is 2.37. The van der Waals surface area contributed by atoms with Gasteiger partial charge in [-0.15, -0.1) is 0 Å². The number of aliphatic hydroxyl groups excluding tert-OH is 1. The maximum Gasteiger partial charge on any atom is 0.146 e. The molecule has 1 aliphatic rings. The Morgan fingerprint density at radius 1 is 1.42 bits per heavy atom. The van der Waals surface area contributed by atoms with Gasteiger partial charge < -0.3 is 5.11 Å². The van der Waals surface area contributed by atoms with Crippen LogP contribution in [0.1, 0.15) is 33.6 Å². The number of aliphatic hydroxyl groups is 1. The van der Waals surface area contributed by atoms with Crippen LogP contribution >= 0.6 is 0 Å². The number of carbonyl (C=O) groups is 1. The van der Waals surface area contributed by atoms with Gasteiger partial charge >= 0.3 is 0 Å². The highest BCUT2D eigenvalue weighted by molar-refractivity contribution is 5.81. The predicted octanol–water partition coefficient (Wildman–Crippen LogP) is 1.01. The monoisotopic (exact) mass is 173 g/mol. The van der Waals surface area contributed by atoms with Crippen molar-refractivity contribution in [1.82, 2.24) is 4.90 Å². The summed E-state index contributed by atoms with van der Waals surface area (Å²) >= 11 is 0. The molecule has 1 aliphatic heterocycles. The van der Waals surface area contributed by atoms with Crippen LogP contribution in [0.2, 0.25) is 0 Å². The molecule has 72 valence electrons. The molecule has 1 N–H and O–H groups in total. The zero-order chi connectivity index (χ0) is 9.72. The first kappa shape index (κ1) is 11.6. The van der Waals surface area contributed by atoms with Crippen molar-refractivity contribution in [2.24, 2.45) is 0 Å². The number of nitrogens with zero attached hydrogens (tertiary/aromatic N) is 1. The van der Waals surface area contributed by atoms with Gasteiger partial charge in [-0.05, 0) is 26.8 Å². The van der Waals surface area contributed by atoms with Crippen LogP contribution in [0.4, 0.5) is 0 Å². The van der Waals surface area contributed by atoms with Gasteiger partial charge in [-0.1, -0.05) is 13.8 Å². The number of hydrogen-bond acceptors (Lipinski definition) is 3. The molecule has 0 amide bonds. The summed E-state index contributed by atoms with van der Waals surface area (Å²) in [5.41, 5.74) is 0. The topological polar surface area (TPSA) is 40.5 Å². The Morgan fingerprint density at radius 3 is 2.08 bits per heavy atom. The lowest BCUT2D eigenvalue weighted by Gasteiger charge is -2.19. The van der Waals surface area contributed by atoms with E-state index in [1.165, 1.54) is 0 Å². The number of Topliss-reactive ketones (excluding diaryl/α,β-unsaturated/α-hetero) is 1. The second kappa shape index (κ2) is 5.27. The third kappa shape index (κ3) is 2.57.